The highest BCUT2D eigenvalue weighted by Gasteiger charge is 2.24. The van der Waals surface area contributed by atoms with Crippen molar-refractivity contribution in [2.75, 3.05) is 11.9 Å². The number of halogens is 1. The lowest BCUT2D eigenvalue weighted by molar-refractivity contribution is -0.116. The number of nitrogens with one attached hydrogen (secondary N) is 1. The molecule has 180 valence electrons. The first kappa shape index (κ1) is 24.2. The summed E-state index contributed by atoms with van der Waals surface area (Å²) in [4.78, 5) is 25.4. The Kier molecular flexibility index (Phi) is 6.70. The molecule has 0 fully saturated rings. The third kappa shape index (κ3) is 5.09. The zero-order valence-electron chi connectivity index (χ0n) is 19.1. The summed E-state index contributed by atoms with van der Waals surface area (Å²) in [5.74, 6) is -0.615. The van der Waals surface area contributed by atoms with Gasteiger partial charge in [0.05, 0.1) is 22.4 Å². The molecule has 0 saturated heterocycles. The maximum Gasteiger partial charge on any atom is 0.244 e. The van der Waals surface area contributed by atoms with Crippen LogP contribution in [0, 0.1) is 12.7 Å². The van der Waals surface area contributed by atoms with Gasteiger partial charge in [-0.25, -0.2) is 12.8 Å². The Bertz CT molecular complexity index is 1560. The van der Waals surface area contributed by atoms with E-state index >= 15 is 0 Å². The third-order valence-corrected chi connectivity index (χ3v) is 7.16. The van der Waals surface area contributed by atoms with Crippen molar-refractivity contribution in [1.29, 1.82) is 0 Å². The highest BCUT2D eigenvalue weighted by atomic mass is 32.2. The number of carbonyl (C=O) groups is 1. The number of rotatable bonds is 7. The Balaban J connectivity index is 1.83. The van der Waals surface area contributed by atoms with Crippen LogP contribution in [0.2, 0.25) is 0 Å². The van der Waals surface area contributed by atoms with Crippen molar-refractivity contribution in [3.05, 3.63) is 94.5 Å². The van der Waals surface area contributed by atoms with Gasteiger partial charge in [0.1, 0.15) is 23.0 Å². The molecule has 4 aromatic rings. The monoisotopic (exact) mass is 494 g/mol. The second-order valence-corrected chi connectivity index (χ2v) is 9.85. The number of nitrogens with zero attached hydrogens (tertiary/aromatic N) is 1. The minimum absolute atomic E-state index is 0.0854. The largest absolute Gasteiger partial charge is 0.494 e. The molecule has 0 atom stereocenters. The Morgan fingerprint density at radius 3 is 2.37 bits per heavy atom. The van der Waals surface area contributed by atoms with Crippen LogP contribution < -0.4 is 15.5 Å². The fourth-order valence-corrected chi connectivity index (χ4v) is 5.03. The van der Waals surface area contributed by atoms with Crippen molar-refractivity contribution < 1.29 is 22.3 Å². The Morgan fingerprint density at radius 2 is 1.71 bits per heavy atom. The van der Waals surface area contributed by atoms with Crippen molar-refractivity contribution in [3.63, 3.8) is 0 Å². The van der Waals surface area contributed by atoms with Gasteiger partial charge in [-0.3, -0.25) is 9.59 Å². The van der Waals surface area contributed by atoms with Crippen LogP contribution in [0.5, 0.6) is 5.75 Å². The molecular formula is C26H23FN2O5S. The maximum atomic E-state index is 13.4. The molecule has 1 heterocycles. The van der Waals surface area contributed by atoms with Crippen molar-refractivity contribution in [3.8, 4) is 5.75 Å². The van der Waals surface area contributed by atoms with E-state index in [0.717, 1.165) is 36.0 Å². The molecule has 0 unspecified atom stereocenters. The van der Waals surface area contributed by atoms with Gasteiger partial charge in [0, 0.05) is 11.9 Å². The van der Waals surface area contributed by atoms with Gasteiger partial charge in [0.15, 0.2) is 0 Å². The van der Waals surface area contributed by atoms with Crippen LogP contribution >= 0.6 is 0 Å². The minimum atomic E-state index is -4.30. The van der Waals surface area contributed by atoms with E-state index in [-0.39, 0.29) is 16.8 Å². The molecule has 9 heteroatoms. The number of fused-ring (bicyclic) bond motifs is 1. The lowest BCUT2D eigenvalue weighted by Crippen LogP contribution is -2.24. The third-order valence-electron chi connectivity index (χ3n) is 5.39. The van der Waals surface area contributed by atoms with Crippen LogP contribution in [0.4, 0.5) is 10.1 Å². The molecule has 4 rings (SSSR count). The zero-order chi connectivity index (χ0) is 25.2. The number of benzene rings is 3. The predicted octanol–water partition coefficient (Wildman–Crippen LogP) is 4.32. The van der Waals surface area contributed by atoms with E-state index in [9.17, 15) is 22.4 Å². The number of pyridine rings is 1. The van der Waals surface area contributed by atoms with E-state index in [1.165, 1.54) is 10.6 Å². The van der Waals surface area contributed by atoms with Gasteiger partial charge in [-0.05, 0) is 68.4 Å². The van der Waals surface area contributed by atoms with Gasteiger partial charge >= 0.3 is 0 Å². The summed E-state index contributed by atoms with van der Waals surface area (Å²) in [6.07, 6.45) is 1.15. The molecule has 0 saturated carbocycles. The van der Waals surface area contributed by atoms with Gasteiger partial charge in [-0.2, -0.15) is 0 Å². The van der Waals surface area contributed by atoms with Gasteiger partial charge in [-0.15, -0.1) is 0 Å². The molecule has 3 aromatic carbocycles. The van der Waals surface area contributed by atoms with Crippen LogP contribution in [-0.2, 0) is 21.2 Å². The average Bonchev–Trinajstić information content (AvgIpc) is 2.83. The number of aryl methyl sites for hydroxylation is 1. The fourth-order valence-electron chi connectivity index (χ4n) is 3.66. The average molecular weight is 495 g/mol. The highest BCUT2D eigenvalue weighted by Crippen LogP contribution is 2.24. The summed E-state index contributed by atoms with van der Waals surface area (Å²) >= 11 is 0. The quantitative estimate of drug-likeness (QED) is 0.386. The first-order chi connectivity index (χ1) is 16.7. The smallest absolute Gasteiger partial charge is 0.244 e. The van der Waals surface area contributed by atoms with Crippen LogP contribution in [0.15, 0.2) is 87.5 Å². The van der Waals surface area contributed by atoms with Gasteiger partial charge in [0.2, 0.25) is 21.2 Å². The summed E-state index contributed by atoms with van der Waals surface area (Å²) in [6.45, 7) is 3.82. The number of sulfone groups is 1. The summed E-state index contributed by atoms with van der Waals surface area (Å²) in [5, 5.41) is 2.86. The second kappa shape index (κ2) is 9.71. The number of anilines is 1. The lowest BCUT2D eigenvalue weighted by Gasteiger charge is -2.15. The molecule has 0 aliphatic carbocycles. The standard InChI is InChI=1S/C26H23FN2O5S/c1-3-34-20-10-13-23-22(14-20)26(31)24(35(32,33)21-11-6-18(27)7-12-21)15-29(23)16-25(30)28-19-8-4-17(2)5-9-19/h4-15H,3,16H2,1-2H3,(H,28,30). The van der Waals surface area contributed by atoms with Crippen molar-refractivity contribution in [2.45, 2.75) is 30.2 Å². The number of amides is 1. The van der Waals surface area contributed by atoms with Gasteiger partial charge < -0.3 is 14.6 Å². The number of aromatic nitrogens is 1. The normalized spacial score (nSPS) is 11.4. The molecule has 1 N–H and O–H groups in total. The van der Waals surface area contributed by atoms with E-state index in [4.69, 9.17) is 4.74 Å². The molecule has 1 aromatic heterocycles. The summed E-state index contributed by atoms with van der Waals surface area (Å²) in [5.41, 5.74) is 1.26. The number of ether oxygens (including phenoxy) is 1. The van der Waals surface area contributed by atoms with E-state index in [1.807, 2.05) is 19.1 Å². The molecule has 0 spiro atoms. The van der Waals surface area contributed by atoms with E-state index in [1.54, 1.807) is 31.2 Å². The second-order valence-electron chi connectivity index (χ2n) is 7.93. The van der Waals surface area contributed by atoms with Crippen LogP contribution in [0.1, 0.15) is 12.5 Å². The molecular weight excluding hydrogens is 471 g/mol. The number of hydrogen-bond donors (Lipinski definition) is 1. The molecule has 0 aliphatic rings. The van der Waals surface area contributed by atoms with Crippen LogP contribution in [-0.4, -0.2) is 25.5 Å². The van der Waals surface area contributed by atoms with Crippen molar-refractivity contribution >= 4 is 32.3 Å². The molecule has 0 bridgehead atoms. The fraction of sp³-hybridized carbons (Fsp3) is 0.154. The summed E-state index contributed by atoms with van der Waals surface area (Å²) in [7, 11) is -4.30. The SMILES string of the molecule is CCOc1ccc2c(c1)c(=O)c(S(=O)(=O)c1ccc(F)cc1)cn2CC(=O)Nc1ccc(C)cc1. The molecule has 1 amide bonds. The maximum absolute atomic E-state index is 13.4. The first-order valence-electron chi connectivity index (χ1n) is 10.9. The summed E-state index contributed by atoms with van der Waals surface area (Å²) < 4.78 is 46.9. The summed E-state index contributed by atoms with van der Waals surface area (Å²) in [6, 6.07) is 16.1. The Labute approximate surface area is 201 Å². The van der Waals surface area contributed by atoms with Crippen LogP contribution in [0.3, 0.4) is 0 Å². The van der Waals surface area contributed by atoms with E-state index in [2.05, 4.69) is 5.32 Å². The van der Waals surface area contributed by atoms with Crippen molar-refractivity contribution in [1.82, 2.24) is 4.57 Å². The van der Waals surface area contributed by atoms with Gasteiger partial charge in [-0.1, -0.05) is 17.7 Å². The number of hydrogen-bond acceptors (Lipinski definition) is 5. The van der Waals surface area contributed by atoms with E-state index < -0.39 is 31.9 Å². The van der Waals surface area contributed by atoms with Crippen molar-refractivity contribution in [2.24, 2.45) is 0 Å². The predicted molar refractivity (Wildman–Crippen MR) is 131 cm³/mol. The first-order valence-corrected chi connectivity index (χ1v) is 12.3. The highest BCUT2D eigenvalue weighted by molar-refractivity contribution is 7.91. The zero-order valence-corrected chi connectivity index (χ0v) is 19.9. The molecule has 7 nitrogen and oxygen atoms in total. The lowest BCUT2D eigenvalue weighted by atomic mass is 10.2. The van der Waals surface area contributed by atoms with Crippen LogP contribution in [0.25, 0.3) is 10.9 Å². The minimum Gasteiger partial charge on any atom is -0.494 e. The molecule has 0 aliphatic heterocycles. The molecule has 0 radical (unpaired) electrons. The van der Waals surface area contributed by atoms with Gasteiger partial charge in [0.25, 0.3) is 0 Å². The Hall–Kier alpha value is -3.98. The Morgan fingerprint density at radius 1 is 1.03 bits per heavy atom. The van der Waals surface area contributed by atoms with E-state index in [0.29, 0.717) is 23.6 Å². The topological polar surface area (TPSA) is 94.5 Å². The number of carbonyl (C=O) groups excluding carboxylic acids is 1. The molecule has 35 heavy (non-hydrogen) atoms.